The number of nitrogens with zero attached hydrogens (tertiary/aromatic N) is 1. The molecule has 2 aliphatic rings. The molecular weight excluding hydrogens is 312 g/mol. The van der Waals surface area contributed by atoms with E-state index in [9.17, 15) is 4.79 Å². The first-order valence-electron chi connectivity index (χ1n) is 9.79. The topological polar surface area (TPSA) is 41.6 Å². The van der Waals surface area contributed by atoms with E-state index in [0.717, 1.165) is 45.3 Å². The van der Waals surface area contributed by atoms with E-state index in [1.54, 1.807) is 0 Å². The minimum Gasteiger partial charge on any atom is -0.466 e. The molecule has 0 unspecified atom stereocenters. The van der Waals surface area contributed by atoms with Crippen molar-refractivity contribution in [3.05, 3.63) is 29.8 Å². The molecule has 0 radical (unpaired) electrons. The van der Waals surface area contributed by atoms with E-state index in [4.69, 9.17) is 4.74 Å². The highest BCUT2D eigenvalue weighted by Gasteiger charge is 2.45. The molecule has 1 aromatic carbocycles. The molecule has 2 fully saturated rings. The van der Waals surface area contributed by atoms with Crippen LogP contribution in [0.2, 0.25) is 0 Å². The van der Waals surface area contributed by atoms with E-state index < -0.39 is 0 Å². The predicted molar refractivity (Wildman–Crippen MR) is 102 cm³/mol. The van der Waals surface area contributed by atoms with Gasteiger partial charge in [-0.15, -0.1) is 0 Å². The van der Waals surface area contributed by atoms with Crippen molar-refractivity contribution in [1.82, 2.24) is 4.90 Å². The van der Waals surface area contributed by atoms with Crippen molar-refractivity contribution < 1.29 is 9.53 Å². The second kappa shape index (κ2) is 7.77. The van der Waals surface area contributed by atoms with Gasteiger partial charge in [0.1, 0.15) is 0 Å². The van der Waals surface area contributed by atoms with Crippen LogP contribution in [0.15, 0.2) is 24.3 Å². The van der Waals surface area contributed by atoms with Crippen LogP contribution in [0.3, 0.4) is 0 Å². The summed E-state index contributed by atoms with van der Waals surface area (Å²) in [5.41, 5.74) is 2.47. The zero-order chi connectivity index (χ0) is 17.9. The summed E-state index contributed by atoms with van der Waals surface area (Å²) in [7, 11) is 0. The number of carbonyl (C=O) groups is 1. The van der Waals surface area contributed by atoms with Gasteiger partial charge in [-0.25, -0.2) is 0 Å². The van der Waals surface area contributed by atoms with Crippen molar-refractivity contribution in [2.75, 3.05) is 31.6 Å². The van der Waals surface area contributed by atoms with Crippen LogP contribution in [0.25, 0.3) is 0 Å². The van der Waals surface area contributed by atoms with E-state index in [0.29, 0.717) is 18.6 Å². The number of hydrogen-bond donors (Lipinski definition) is 1. The average molecular weight is 344 g/mol. The van der Waals surface area contributed by atoms with Gasteiger partial charge in [0.2, 0.25) is 0 Å². The second-order valence-corrected chi connectivity index (χ2v) is 7.95. The molecule has 4 nitrogen and oxygen atoms in total. The van der Waals surface area contributed by atoms with Crippen LogP contribution in [0.5, 0.6) is 0 Å². The molecule has 0 bridgehead atoms. The molecular formula is C21H32N2O2. The Labute approximate surface area is 151 Å². The Morgan fingerprint density at radius 1 is 1.32 bits per heavy atom. The monoisotopic (exact) mass is 344 g/mol. The molecule has 1 saturated carbocycles. The number of likely N-dealkylation sites (tertiary alicyclic amines) is 1. The largest absolute Gasteiger partial charge is 0.466 e. The molecule has 1 aromatic rings. The molecule has 1 N–H and O–H groups in total. The van der Waals surface area contributed by atoms with E-state index in [2.05, 4.69) is 48.3 Å². The molecule has 3 rings (SSSR count). The Morgan fingerprint density at radius 2 is 2.04 bits per heavy atom. The van der Waals surface area contributed by atoms with Gasteiger partial charge in [-0.3, -0.25) is 9.69 Å². The van der Waals surface area contributed by atoms with E-state index in [-0.39, 0.29) is 11.4 Å². The Hall–Kier alpha value is -1.55. The first-order chi connectivity index (χ1) is 12.0. The lowest BCUT2D eigenvalue weighted by molar-refractivity contribution is -0.162. The van der Waals surface area contributed by atoms with Gasteiger partial charge in [0.15, 0.2) is 0 Å². The Balaban J connectivity index is 1.45. The highest BCUT2D eigenvalue weighted by atomic mass is 16.5. The van der Waals surface area contributed by atoms with Crippen LogP contribution in [-0.4, -0.2) is 43.2 Å². The highest BCUT2D eigenvalue weighted by Crippen LogP contribution is 2.45. The molecule has 1 aliphatic heterocycles. The maximum Gasteiger partial charge on any atom is 0.312 e. The third-order valence-corrected chi connectivity index (χ3v) is 5.83. The number of para-hydroxylation sites is 1. The number of carbonyl (C=O) groups excluding carboxylic acids is 1. The maximum atomic E-state index is 12.2. The Bertz CT molecular complexity index is 589. The third-order valence-electron chi connectivity index (χ3n) is 5.83. The van der Waals surface area contributed by atoms with Crippen molar-refractivity contribution in [3.8, 4) is 0 Å². The molecule has 1 aliphatic carbocycles. The van der Waals surface area contributed by atoms with Gasteiger partial charge >= 0.3 is 5.97 Å². The van der Waals surface area contributed by atoms with Crippen LogP contribution >= 0.6 is 0 Å². The lowest BCUT2D eigenvalue weighted by atomic mass is 9.66. The van der Waals surface area contributed by atoms with Gasteiger partial charge < -0.3 is 10.1 Å². The minimum atomic E-state index is -0.182. The quantitative estimate of drug-likeness (QED) is 0.723. The molecule has 1 heterocycles. The van der Waals surface area contributed by atoms with Gasteiger partial charge in [0, 0.05) is 18.8 Å². The molecule has 25 heavy (non-hydrogen) atoms. The Morgan fingerprint density at radius 3 is 2.64 bits per heavy atom. The van der Waals surface area contributed by atoms with Crippen LogP contribution < -0.4 is 5.32 Å². The van der Waals surface area contributed by atoms with Crippen molar-refractivity contribution in [2.45, 2.75) is 58.4 Å². The Kier molecular flexibility index (Phi) is 5.67. The van der Waals surface area contributed by atoms with Crippen LogP contribution in [0, 0.1) is 5.41 Å². The van der Waals surface area contributed by atoms with Crippen LogP contribution in [0.1, 0.15) is 57.9 Å². The summed E-state index contributed by atoms with van der Waals surface area (Å²) in [5, 5.41) is 3.69. The summed E-state index contributed by atoms with van der Waals surface area (Å²) < 4.78 is 5.30. The van der Waals surface area contributed by atoms with Gasteiger partial charge in [0.25, 0.3) is 0 Å². The first kappa shape index (κ1) is 18.2. The molecule has 0 spiro atoms. The fourth-order valence-corrected chi connectivity index (χ4v) is 4.01. The number of anilines is 1. The lowest BCUT2D eigenvalue weighted by Crippen LogP contribution is -2.56. The number of hydrogen-bond acceptors (Lipinski definition) is 4. The molecule has 0 amide bonds. The van der Waals surface area contributed by atoms with Gasteiger partial charge in [-0.2, -0.15) is 0 Å². The fourth-order valence-electron chi connectivity index (χ4n) is 4.01. The highest BCUT2D eigenvalue weighted by molar-refractivity contribution is 5.77. The van der Waals surface area contributed by atoms with E-state index in [1.807, 2.05) is 6.92 Å². The molecule has 138 valence electrons. The smallest absolute Gasteiger partial charge is 0.312 e. The SMILES string of the molecule is CCOC(=O)C1(CCN2CC(Nc3ccccc3C(C)C)C2)CCC1. The van der Waals surface area contributed by atoms with Crippen molar-refractivity contribution >= 4 is 11.7 Å². The number of benzene rings is 1. The normalized spacial score (nSPS) is 20.0. The fraction of sp³-hybridized carbons (Fsp3) is 0.667. The first-order valence-corrected chi connectivity index (χ1v) is 9.79. The lowest BCUT2D eigenvalue weighted by Gasteiger charge is -2.45. The van der Waals surface area contributed by atoms with E-state index >= 15 is 0 Å². The summed E-state index contributed by atoms with van der Waals surface area (Å²) in [6.07, 6.45) is 4.11. The molecule has 4 heteroatoms. The molecule has 0 aromatic heterocycles. The molecule has 0 atom stereocenters. The van der Waals surface area contributed by atoms with Crippen molar-refractivity contribution in [3.63, 3.8) is 0 Å². The summed E-state index contributed by atoms with van der Waals surface area (Å²) in [6.45, 7) is 9.98. The minimum absolute atomic E-state index is 0.0299. The second-order valence-electron chi connectivity index (χ2n) is 7.95. The number of esters is 1. The predicted octanol–water partition coefficient (Wildman–Crippen LogP) is 4.03. The van der Waals surface area contributed by atoms with Gasteiger partial charge in [-0.1, -0.05) is 38.5 Å². The number of nitrogens with one attached hydrogen (secondary N) is 1. The summed E-state index contributed by atoms with van der Waals surface area (Å²) in [6, 6.07) is 9.12. The standard InChI is InChI=1S/C21H32N2O2/c1-4-25-20(24)21(10-7-11-21)12-13-23-14-17(15-23)22-19-9-6-5-8-18(19)16(2)3/h5-6,8-9,16-17,22H,4,7,10-15H2,1-3H3. The maximum absolute atomic E-state index is 12.2. The zero-order valence-corrected chi connectivity index (χ0v) is 15.9. The van der Waals surface area contributed by atoms with Crippen molar-refractivity contribution in [1.29, 1.82) is 0 Å². The van der Waals surface area contributed by atoms with Crippen LogP contribution in [-0.2, 0) is 9.53 Å². The number of rotatable bonds is 8. The average Bonchev–Trinajstić information content (AvgIpc) is 2.51. The van der Waals surface area contributed by atoms with Crippen molar-refractivity contribution in [2.24, 2.45) is 5.41 Å². The summed E-state index contributed by atoms with van der Waals surface area (Å²) >= 11 is 0. The number of ether oxygens (including phenoxy) is 1. The van der Waals surface area contributed by atoms with Gasteiger partial charge in [-0.05, 0) is 50.3 Å². The van der Waals surface area contributed by atoms with Gasteiger partial charge in [0.05, 0.1) is 18.1 Å². The zero-order valence-electron chi connectivity index (χ0n) is 15.9. The van der Waals surface area contributed by atoms with E-state index in [1.165, 1.54) is 11.3 Å². The van der Waals surface area contributed by atoms with Crippen LogP contribution in [0.4, 0.5) is 5.69 Å². The summed E-state index contributed by atoms with van der Waals surface area (Å²) in [5.74, 6) is 0.560. The third kappa shape index (κ3) is 4.00. The summed E-state index contributed by atoms with van der Waals surface area (Å²) in [4.78, 5) is 14.7. The molecule has 1 saturated heterocycles.